The lowest BCUT2D eigenvalue weighted by Gasteiger charge is -2.30. The largest absolute Gasteiger partial charge is 0.322 e. The molecule has 3 aromatic rings. The van der Waals surface area contributed by atoms with Crippen molar-refractivity contribution in [2.24, 2.45) is 0 Å². The van der Waals surface area contributed by atoms with Gasteiger partial charge in [0.25, 0.3) is 5.91 Å². The lowest BCUT2D eigenvalue weighted by molar-refractivity contribution is -0.125. The summed E-state index contributed by atoms with van der Waals surface area (Å²) in [7, 11) is 0. The van der Waals surface area contributed by atoms with Crippen LogP contribution in [-0.4, -0.2) is 37.2 Å². The van der Waals surface area contributed by atoms with Crippen LogP contribution < -0.4 is 16.0 Å². The second-order valence-corrected chi connectivity index (χ2v) is 7.36. The molecule has 1 saturated heterocycles. The maximum Gasteiger partial charge on any atom is 0.270 e. The first-order valence-electron chi connectivity index (χ1n) is 8.82. The average Bonchev–Trinajstić information content (AvgIpc) is 3.28. The smallest absolute Gasteiger partial charge is 0.270 e. The molecule has 2 aromatic heterocycles. The molecule has 1 aromatic carbocycles. The number of anilines is 1. The quantitative estimate of drug-likeness (QED) is 0.620. The van der Waals surface area contributed by atoms with E-state index >= 15 is 0 Å². The van der Waals surface area contributed by atoms with E-state index in [-0.39, 0.29) is 17.9 Å². The van der Waals surface area contributed by atoms with Crippen molar-refractivity contribution in [2.45, 2.75) is 32.6 Å². The summed E-state index contributed by atoms with van der Waals surface area (Å²) in [5, 5.41) is 17.5. The number of aromatic nitrogens is 4. The molecular formula is C18H19N7O2S. The van der Waals surface area contributed by atoms with Gasteiger partial charge in [-0.1, -0.05) is 34.8 Å². The van der Waals surface area contributed by atoms with Crippen LogP contribution in [0.15, 0.2) is 36.4 Å². The fraction of sp³-hybridized carbons (Fsp3) is 0.278. The van der Waals surface area contributed by atoms with Gasteiger partial charge in [0.05, 0.1) is 11.4 Å². The van der Waals surface area contributed by atoms with Gasteiger partial charge < -0.3 is 10.6 Å². The number of aryl methyl sites for hydroxylation is 1. The summed E-state index contributed by atoms with van der Waals surface area (Å²) in [6.07, 6.45) is -0.179. The summed E-state index contributed by atoms with van der Waals surface area (Å²) in [6, 6.07) is 11.4. The van der Waals surface area contributed by atoms with Gasteiger partial charge in [0.15, 0.2) is 6.29 Å². The summed E-state index contributed by atoms with van der Waals surface area (Å²) >= 11 is 1.03. The van der Waals surface area contributed by atoms with Crippen molar-refractivity contribution in [1.82, 2.24) is 30.0 Å². The first kappa shape index (κ1) is 18.3. The monoisotopic (exact) mass is 397 g/mol. The Balaban J connectivity index is 1.70. The van der Waals surface area contributed by atoms with Crippen LogP contribution in [0, 0.1) is 6.92 Å². The number of rotatable bonds is 4. The molecule has 3 N–H and O–H groups in total. The van der Waals surface area contributed by atoms with Crippen molar-refractivity contribution in [3.63, 3.8) is 0 Å². The standard InChI is InChI=1S/C18H19N7O2S/c1-10-8-15(26)21-18(19-10)25-14(20-17(27)16-11(2)22-24-28-16)9-13(23-25)12-6-4-3-5-7-12/h3-7,9-10,18-19H,8H2,1-2H3,(H,20,27)(H,21,26). The van der Waals surface area contributed by atoms with Crippen molar-refractivity contribution in [3.8, 4) is 11.3 Å². The molecule has 2 atom stereocenters. The van der Waals surface area contributed by atoms with Crippen molar-refractivity contribution in [2.75, 3.05) is 5.32 Å². The highest BCUT2D eigenvalue weighted by Gasteiger charge is 2.28. The number of benzene rings is 1. The summed E-state index contributed by atoms with van der Waals surface area (Å²) in [4.78, 5) is 25.1. The first-order chi connectivity index (χ1) is 13.5. The SMILES string of the molecule is Cc1nnsc1C(=O)Nc1cc(-c2ccccc2)nn1C1NC(=O)CC(C)N1. The minimum absolute atomic E-state index is 0.0142. The number of hydrogen-bond acceptors (Lipinski definition) is 7. The second kappa shape index (κ2) is 7.49. The van der Waals surface area contributed by atoms with Gasteiger partial charge in [0.2, 0.25) is 5.91 Å². The van der Waals surface area contributed by atoms with Crippen LogP contribution in [0.5, 0.6) is 0 Å². The molecule has 2 amide bonds. The maximum absolute atomic E-state index is 12.7. The third-order valence-electron chi connectivity index (χ3n) is 4.38. The number of carbonyl (C=O) groups excluding carboxylic acids is 2. The van der Waals surface area contributed by atoms with Gasteiger partial charge in [0.1, 0.15) is 10.7 Å². The van der Waals surface area contributed by atoms with Crippen LogP contribution in [0.25, 0.3) is 11.3 Å². The highest BCUT2D eigenvalue weighted by Crippen LogP contribution is 2.25. The topological polar surface area (TPSA) is 114 Å². The van der Waals surface area contributed by atoms with Gasteiger partial charge >= 0.3 is 0 Å². The molecule has 0 bridgehead atoms. The fourth-order valence-corrected chi connectivity index (χ4v) is 3.59. The van der Waals surface area contributed by atoms with Crippen molar-refractivity contribution < 1.29 is 9.59 Å². The Labute approximate surface area is 165 Å². The van der Waals surface area contributed by atoms with Crippen molar-refractivity contribution >= 4 is 29.2 Å². The second-order valence-electron chi connectivity index (χ2n) is 6.61. The summed E-state index contributed by atoms with van der Waals surface area (Å²) in [5.74, 6) is 0.0692. The predicted octanol–water partition coefficient (Wildman–Crippen LogP) is 1.92. The molecule has 2 unspecified atom stereocenters. The Morgan fingerprint density at radius 3 is 2.79 bits per heavy atom. The first-order valence-corrected chi connectivity index (χ1v) is 9.59. The molecule has 0 aliphatic carbocycles. The molecule has 0 radical (unpaired) electrons. The van der Waals surface area contributed by atoms with E-state index in [1.807, 2.05) is 37.3 Å². The predicted molar refractivity (Wildman–Crippen MR) is 105 cm³/mol. The van der Waals surface area contributed by atoms with Gasteiger partial charge in [-0.3, -0.25) is 14.9 Å². The highest BCUT2D eigenvalue weighted by molar-refractivity contribution is 7.08. The number of nitrogens with one attached hydrogen (secondary N) is 3. The molecule has 1 fully saturated rings. The molecule has 9 nitrogen and oxygen atoms in total. The maximum atomic E-state index is 12.7. The molecule has 144 valence electrons. The van der Waals surface area contributed by atoms with Crippen LogP contribution >= 0.6 is 11.5 Å². The molecule has 0 spiro atoms. The molecule has 28 heavy (non-hydrogen) atoms. The zero-order valence-corrected chi connectivity index (χ0v) is 16.2. The van der Waals surface area contributed by atoms with Gasteiger partial charge in [-0.2, -0.15) is 5.10 Å². The fourth-order valence-electron chi connectivity index (χ4n) is 3.04. The molecule has 0 saturated carbocycles. The minimum atomic E-state index is -0.565. The normalized spacial score (nSPS) is 19.3. The Morgan fingerprint density at radius 1 is 1.32 bits per heavy atom. The number of nitrogens with zero attached hydrogens (tertiary/aromatic N) is 4. The van der Waals surface area contributed by atoms with Gasteiger partial charge in [0, 0.05) is 24.1 Å². The Hall–Kier alpha value is -3.11. The van der Waals surface area contributed by atoms with Crippen LogP contribution in [-0.2, 0) is 4.79 Å². The van der Waals surface area contributed by atoms with E-state index in [2.05, 4.69) is 30.6 Å². The van der Waals surface area contributed by atoms with Gasteiger partial charge in [-0.05, 0) is 25.4 Å². The molecular weight excluding hydrogens is 378 g/mol. The molecule has 1 aliphatic heterocycles. The molecule has 10 heteroatoms. The Bertz CT molecular complexity index is 1010. The Morgan fingerprint density at radius 2 is 2.11 bits per heavy atom. The van der Waals surface area contributed by atoms with Gasteiger partial charge in [-0.25, -0.2) is 4.68 Å². The van der Waals surface area contributed by atoms with Crippen LogP contribution in [0.1, 0.15) is 35.0 Å². The zero-order valence-electron chi connectivity index (χ0n) is 15.3. The lowest BCUT2D eigenvalue weighted by atomic mass is 10.1. The summed E-state index contributed by atoms with van der Waals surface area (Å²) in [5.41, 5.74) is 2.15. The van der Waals surface area contributed by atoms with E-state index in [0.29, 0.717) is 28.5 Å². The van der Waals surface area contributed by atoms with Crippen molar-refractivity contribution in [3.05, 3.63) is 47.0 Å². The highest BCUT2D eigenvalue weighted by atomic mass is 32.1. The zero-order chi connectivity index (χ0) is 19.7. The van der Waals surface area contributed by atoms with Gasteiger partial charge in [-0.15, -0.1) is 5.10 Å². The Kier molecular flexibility index (Phi) is 4.88. The summed E-state index contributed by atoms with van der Waals surface area (Å²) < 4.78 is 5.39. The van der Waals surface area contributed by atoms with E-state index in [4.69, 9.17) is 0 Å². The molecule has 3 heterocycles. The van der Waals surface area contributed by atoms with Crippen LogP contribution in [0.4, 0.5) is 5.82 Å². The van der Waals surface area contributed by atoms with Crippen molar-refractivity contribution in [1.29, 1.82) is 0 Å². The molecule has 1 aliphatic rings. The van der Waals surface area contributed by atoms with E-state index in [9.17, 15) is 9.59 Å². The van der Waals surface area contributed by atoms with E-state index in [1.165, 1.54) is 0 Å². The lowest BCUT2D eigenvalue weighted by Crippen LogP contribution is -2.52. The third kappa shape index (κ3) is 3.64. The van der Waals surface area contributed by atoms with E-state index < -0.39 is 6.29 Å². The van der Waals surface area contributed by atoms with E-state index in [1.54, 1.807) is 17.7 Å². The molecule has 4 rings (SSSR count). The average molecular weight is 397 g/mol. The number of hydrogen-bond donors (Lipinski definition) is 3. The van der Waals surface area contributed by atoms with E-state index in [0.717, 1.165) is 17.1 Å². The van der Waals surface area contributed by atoms with Crippen LogP contribution in [0.2, 0.25) is 0 Å². The third-order valence-corrected chi connectivity index (χ3v) is 5.21. The minimum Gasteiger partial charge on any atom is -0.322 e. The number of amides is 2. The number of carbonyl (C=O) groups is 2. The summed E-state index contributed by atoms with van der Waals surface area (Å²) in [6.45, 7) is 3.66. The van der Waals surface area contributed by atoms with Crippen LogP contribution in [0.3, 0.4) is 0 Å².